The fourth-order valence-corrected chi connectivity index (χ4v) is 2.75. The first-order chi connectivity index (χ1) is 9.89. The molecular weight excluding hydrogens is 281 g/mol. The lowest BCUT2D eigenvalue weighted by molar-refractivity contribution is -0.136. The minimum atomic E-state index is -4.10. The smallest absolute Gasteiger partial charge is 0.326 e. The van der Waals surface area contributed by atoms with E-state index in [2.05, 4.69) is 12.2 Å². The van der Waals surface area contributed by atoms with Gasteiger partial charge < -0.3 is 4.90 Å². The van der Waals surface area contributed by atoms with Crippen LogP contribution in [-0.4, -0.2) is 35.7 Å². The number of rotatable bonds is 9. The Bertz CT molecular complexity index is 321. The quantitative estimate of drug-likeness (QED) is 0.656. The number of alkyl halides is 3. The maximum Gasteiger partial charge on any atom is 0.389 e. The molecule has 2 atom stereocenters. The van der Waals surface area contributed by atoms with E-state index in [1.54, 1.807) is 4.90 Å². The molecule has 0 bridgehead atoms. The van der Waals surface area contributed by atoms with Crippen LogP contribution in [0.25, 0.3) is 0 Å². The van der Waals surface area contributed by atoms with Crippen molar-refractivity contribution >= 4 is 5.91 Å². The molecule has 3 nitrogen and oxygen atoms in total. The summed E-state index contributed by atoms with van der Waals surface area (Å²) in [5.74, 6) is 0.0638. The van der Waals surface area contributed by atoms with Crippen LogP contribution < -0.4 is 5.32 Å². The molecule has 6 heteroatoms. The van der Waals surface area contributed by atoms with Crippen molar-refractivity contribution in [3.05, 3.63) is 0 Å². The average Bonchev–Trinajstić information content (AvgIpc) is 2.68. The first kappa shape index (κ1) is 18.3. The molecule has 21 heavy (non-hydrogen) atoms. The zero-order valence-corrected chi connectivity index (χ0v) is 13.0. The van der Waals surface area contributed by atoms with E-state index >= 15 is 0 Å². The number of nitrogens with one attached hydrogen (secondary N) is 1. The molecule has 124 valence electrons. The van der Waals surface area contributed by atoms with Gasteiger partial charge in [0.2, 0.25) is 5.91 Å². The molecule has 1 aliphatic heterocycles. The van der Waals surface area contributed by atoms with E-state index in [1.807, 2.05) is 6.92 Å². The maximum atomic E-state index is 12.3. The Balaban J connectivity index is 2.45. The summed E-state index contributed by atoms with van der Waals surface area (Å²) in [6.45, 7) is 4.56. The number of halogens is 3. The highest BCUT2D eigenvalue weighted by molar-refractivity contribution is 5.84. The topological polar surface area (TPSA) is 32.3 Å². The molecule has 0 aliphatic carbocycles. The average molecular weight is 308 g/mol. The number of hydrogen-bond acceptors (Lipinski definition) is 2. The van der Waals surface area contributed by atoms with E-state index in [0.29, 0.717) is 13.0 Å². The third-order valence-corrected chi connectivity index (χ3v) is 3.87. The number of unbranched alkanes of at least 4 members (excludes halogenated alkanes) is 2. The molecule has 0 aromatic carbocycles. The van der Waals surface area contributed by atoms with Crippen molar-refractivity contribution in [2.24, 2.45) is 0 Å². The second-order valence-electron chi connectivity index (χ2n) is 5.77. The van der Waals surface area contributed by atoms with Crippen molar-refractivity contribution in [3.8, 4) is 0 Å². The molecule has 1 N–H and O–H groups in total. The number of hydrogen-bond donors (Lipinski definition) is 1. The van der Waals surface area contributed by atoms with Gasteiger partial charge in [-0.05, 0) is 25.7 Å². The van der Waals surface area contributed by atoms with Crippen LogP contribution in [0.5, 0.6) is 0 Å². The monoisotopic (exact) mass is 308 g/mol. The molecule has 1 rings (SSSR count). The fourth-order valence-electron chi connectivity index (χ4n) is 2.75. The molecule has 1 heterocycles. The van der Waals surface area contributed by atoms with Crippen molar-refractivity contribution in [1.82, 2.24) is 10.2 Å². The Morgan fingerprint density at radius 3 is 2.38 bits per heavy atom. The lowest BCUT2D eigenvalue weighted by atomic mass is 10.1. The highest BCUT2D eigenvalue weighted by Crippen LogP contribution is 2.24. The highest BCUT2D eigenvalue weighted by atomic mass is 19.4. The molecular formula is C15H27F3N2O. The number of carbonyl (C=O) groups excluding carboxylic acids is 1. The van der Waals surface area contributed by atoms with Gasteiger partial charge in [0.25, 0.3) is 0 Å². The second-order valence-corrected chi connectivity index (χ2v) is 5.77. The summed E-state index contributed by atoms with van der Waals surface area (Å²) in [5.41, 5.74) is 0. The Kier molecular flexibility index (Phi) is 7.49. The molecule has 2 unspecified atom stereocenters. The van der Waals surface area contributed by atoms with E-state index in [4.69, 9.17) is 0 Å². The summed E-state index contributed by atoms with van der Waals surface area (Å²) in [5, 5.41) is 3.34. The summed E-state index contributed by atoms with van der Waals surface area (Å²) in [6.07, 6.45) is 0.279. The first-order valence-corrected chi connectivity index (χ1v) is 8.02. The van der Waals surface area contributed by atoms with Crippen LogP contribution in [-0.2, 0) is 4.79 Å². The summed E-state index contributed by atoms with van der Waals surface area (Å²) in [6, 6.07) is -0.149. The third-order valence-electron chi connectivity index (χ3n) is 3.87. The van der Waals surface area contributed by atoms with E-state index in [0.717, 1.165) is 32.1 Å². The fraction of sp³-hybridized carbons (Fsp3) is 0.933. The summed E-state index contributed by atoms with van der Waals surface area (Å²) < 4.78 is 36.4. The summed E-state index contributed by atoms with van der Waals surface area (Å²) in [7, 11) is 0. The molecule has 1 amide bonds. The van der Waals surface area contributed by atoms with Gasteiger partial charge in [0.15, 0.2) is 0 Å². The number of carbonyl (C=O) groups is 1. The molecule has 0 radical (unpaired) electrons. The van der Waals surface area contributed by atoms with Crippen molar-refractivity contribution in [2.45, 2.75) is 83.6 Å². The molecule has 0 spiro atoms. The van der Waals surface area contributed by atoms with Gasteiger partial charge in [0, 0.05) is 13.0 Å². The van der Waals surface area contributed by atoms with Crippen LogP contribution in [0.15, 0.2) is 0 Å². The molecule has 1 fully saturated rings. The van der Waals surface area contributed by atoms with Crippen LogP contribution in [0.2, 0.25) is 0 Å². The maximum absolute atomic E-state index is 12.3. The molecule has 1 aliphatic rings. The largest absolute Gasteiger partial charge is 0.389 e. The van der Waals surface area contributed by atoms with Crippen molar-refractivity contribution in [3.63, 3.8) is 0 Å². The SMILES string of the molecule is CCCCC1NC(CCC)N(CCCCC(F)(F)F)C1=O. The van der Waals surface area contributed by atoms with E-state index in [1.165, 1.54) is 0 Å². The van der Waals surface area contributed by atoms with Gasteiger partial charge >= 0.3 is 6.18 Å². The van der Waals surface area contributed by atoms with Gasteiger partial charge in [-0.15, -0.1) is 0 Å². The lowest BCUT2D eigenvalue weighted by Crippen LogP contribution is -2.38. The van der Waals surface area contributed by atoms with E-state index < -0.39 is 12.6 Å². The van der Waals surface area contributed by atoms with E-state index in [9.17, 15) is 18.0 Å². The lowest BCUT2D eigenvalue weighted by Gasteiger charge is -2.24. The standard InChI is InChI=1S/C15H27F3N2O/c1-3-5-9-12-14(21)20(13(19-12)8-4-2)11-7-6-10-15(16,17)18/h12-13,19H,3-11H2,1-2H3. The van der Waals surface area contributed by atoms with Gasteiger partial charge in [-0.1, -0.05) is 33.1 Å². The minimum Gasteiger partial charge on any atom is -0.326 e. The van der Waals surface area contributed by atoms with Crippen LogP contribution >= 0.6 is 0 Å². The summed E-state index contributed by atoms with van der Waals surface area (Å²) in [4.78, 5) is 14.1. The van der Waals surface area contributed by atoms with Crippen LogP contribution in [0, 0.1) is 0 Å². The Morgan fingerprint density at radius 2 is 1.81 bits per heavy atom. The number of nitrogens with zero attached hydrogens (tertiary/aromatic N) is 1. The van der Waals surface area contributed by atoms with Gasteiger partial charge in [0.05, 0.1) is 12.2 Å². The minimum absolute atomic E-state index is 0.00440. The zero-order valence-electron chi connectivity index (χ0n) is 13.0. The van der Waals surface area contributed by atoms with Gasteiger partial charge in [-0.2, -0.15) is 13.2 Å². The van der Waals surface area contributed by atoms with Crippen molar-refractivity contribution < 1.29 is 18.0 Å². The zero-order chi connectivity index (χ0) is 15.9. The van der Waals surface area contributed by atoms with E-state index in [-0.39, 0.29) is 24.5 Å². The van der Waals surface area contributed by atoms with Crippen LogP contribution in [0.3, 0.4) is 0 Å². The van der Waals surface area contributed by atoms with Crippen LogP contribution in [0.1, 0.15) is 65.2 Å². The van der Waals surface area contributed by atoms with Crippen molar-refractivity contribution in [1.29, 1.82) is 0 Å². The van der Waals surface area contributed by atoms with Crippen molar-refractivity contribution in [2.75, 3.05) is 6.54 Å². The predicted octanol–water partition coefficient (Wildman–Crippen LogP) is 3.84. The molecule has 0 aromatic rings. The molecule has 0 aromatic heterocycles. The Labute approximate surface area is 125 Å². The van der Waals surface area contributed by atoms with Crippen LogP contribution in [0.4, 0.5) is 13.2 Å². The third kappa shape index (κ3) is 6.24. The first-order valence-electron chi connectivity index (χ1n) is 8.02. The van der Waals surface area contributed by atoms with Gasteiger partial charge in [-0.3, -0.25) is 10.1 Å². The second kappa shape index (κ2) is 8.61. The normalized spacial score (nSPS) is 23.1. The Hall–Kier alpha value is -0.780. The summed E-state index contributed by atoms with van der Waals surface area (Å²) >= 11 is 0. The van der Waals surface area contributed by atoms with Gasteiger partial charge in [-0.25, -0.2) is 0 Å². The highest BCUT2D eigenvalue weighted by Gasteiger charge is 2.37. The molecule has 1 saturated heterocycles. The van der Waals surface area contributed by atoms with Gasteiger partial charge in [0.1, 0.15) is 0 Å². The predicted molar refractivity (Wildman–Crippen MR) is 76.8 cm³/mol. The number of amides is 1. The molecule has 0 saturated carbocycles. The Morgan fingerprint density at radius 1 is 1.10 bits per heavy atom.